The van der Waals surface area contributed by atoms with Crippen molar-refractivity contribution in [2.45, 2.75) is 0 Å². The van der Waals surface area contributed by atoms with Crippen LogP contribution in [0, 0.1) is 0 Å². The van der Waals surface area contributed by atoms with Gasteiger partial charge in [0.1, 0.15) is 0 Å². The first-order valence-corrected chi connectivity index (χ1v) is 5.05. The van der Waals surface area contributed by atoms with Crippen molar-refractivity contribution >= 4 is 17.9 Å². The fraction of sp³-hybridized carbons (Fsp3) is 0. The van der Waals surface area contributed by atoms with E-state index in [1.165, 1.54) is 6.07 Å². The molecule has 0 aliphatic heterocycles. The molecule has 0 bridgehead atoms. The minimum absolute atomic E-state index is 0.180. The number of hydrogen-bond acceptors (Lipinski definition) is 3. The van der Waals surface area contributed by atoms with Crippen LogP contribution in [0.2, 0.25) is 0 Å². The van der Waals surface area contributed by atoms with E-state index in [1.54, 1.807) is 36.7 Å². The van der Waals surface area contributed by atoms with Gasteiger partial charge >= 0.3 is 5.97 Å². The maximum atomic E-state index is 10.9. The van der Waals surface area contributed by atoms with E-state index in [0.717, 1.165) is 0 Å². The highest BCUT2D eigenvalue weighted by atomic mass is 16.4. The van der Waals surface area contributed by atoms with E-state index in [9.17, 15) is 4.79 Å². The number of carboxylic acids is 1. The number of carboxylic acid groups (broad SMARTS) is 1. The molecular formula is C13H10N2O2. The highest BCUT2D eigenvalue weighted by Gasteiger charge is 2.06. The first-order valence-electron chi connectivity index (χ1n) is 5.05. The van der Waals surface area contributed by atoms with Gasteiger partial charge in [0.05, 0.1) is 23.2 Å². The number of aliphatic imine (C=N–C) groups is 1. The molecule has 84 valence electrons. The van der Waals surface area contributed by atoms with E-state index in [-0.39, 0.29) is 5.56 Å². The van der Waals surface area contributed by atoms with Gasteiger partial charge in [0.15, 0.2) is 0 Å². The molecule has 4 nitrogen and oxygen atoms in total. The van der Waals surface area contributed by atoms with Crippen LogP contribution in [-0.4, -0.2) is 22.3 Å². The molecule has 0 saturated carbocycles. The van der Waals surface area contributed by atoms with Crippen LogP contribution >= 0.6 is 0 Å². The highest BCUT2D eigenvalue weighted by Crippen LogP contribution is 2.18. The average Bonchev–Trinajstić information content (AvgIpc) is 2.38. The lowest BCUT2D eigenvalue weighted by Gasteiger charge is -1.99. The molecule has 0 fully saturated rings. The van der Waals surface area contributed by atoms with E-state index >= 15 is 0 Å². The Hall–Kier alpha value is -2.49. The van der Waals surface area contributed by atoms with Crippen molar-refractivity contribution in [1.29, 1.82) is 0 Å². The number of hydrogen-bond donors (Lipinski definition) is 1. The minimum Gasteiger partial charge on any atom is -0.478 e. The number of benzene rings is 1. The van der Waals surface area contributed by atoms with Crippen LogP contribution in [0.4, 0.5) is 5.69 Å². The largest absolute Gasteiger partial charge is 0.478 e. The van der Waals surface area contributed by atoms with Crippen molar-refractivity contribution in [2.24, 2.45) is 4.99 Å². The SMILES string of the molecule is O=C(O)c1ccccc1N=Cc1ccccn1. The fourth-order valence-corrected chi connectivity index (χ4v) is 1.36. The Balaban J connectivity index is 2.30. The van der Waals surface area contributed by atoms with Crippen LogP contribution in [0.25, 0.3) is 0 Å². The van der Waals surface area contributed by atoms with Gasteiger partial charge in [-0.05, 0) is 24.3 Å². The number of aromatic carboxylic acids is 1. The summed E-state index contributed by atoms with van der Waals surface area (Å²) in [6.07, 6.45) is 3.20. The number of aromatic nitrogens is 1. The van der Waals surface area contributed by atoms with Gasteiger partial charge in [0.2, 0.25) is 0 Å². The second kappa shape index (κ2) is 5.03. The summed E-state index contributed by atoms with van der Waals surface area (Å²) in [4.78, 5) is 19.1. The lowest BCUT2D eigenvalue weighted by molar-refractivity contribution is 0.0698. The molecule has 1 aromatic carbocycles. The Morgan fingerprint density at radius 1 is 1.18 bits per heavy atom. The van der Waals surface area contributed by atoms with E-state index in [1.807, 2.05) is 12.1 Å². The molecule has 0 aliphatic carbocycles. The highest BCUT2D eigenvalue weighted by molar-refractivity contribution is 5.94. The second-order valence-corrected chi connectivity index (χ2v) is 3.34. The van der Waals surface area contributed by atoms with Crippen molar-refractivity contribution in [3.8, 4) is 0 Å². The quantitative estimate of drug-likeness (QED) is 0.818. The third kappa shape index (κ3) is 2.75. The molecular weight excluding hydrogens is 216 g/mol. The number of rotatable bonds is 3. The Bertz CT molecular complexity index is 550. The van der Waals surface area contributed by atoms with Gasteiger partial charge in [-0.15, -0.1) is 0 Å². The molecule has 0 aliphatic rings. The zero-order valence-corrected chi connectivity index (χ0v) is 8.95. The summed E-state index contributed by atoms with van der Waals surface area (Å²) < 4.78 is 0. The van der Waals surface area contributed by atoms with Crippen molar-refractivity contribution in [3.05, 3.63) is 59.9 Å². The standard InChI is InChI=1S/C13H10N2O2/c16-13(17)11-6-1-2-7-12(11)15-9-10-5-3-4-8-14-10/h1-9H,(H,16,17). The summed E-state index contributed by atoms with van der Waals surface area (Å²) in [7, 11) is 0. The van der Waals surface area contributed by atoms with Gasteiger partial charge in [-0.3, -0.25) is 9.98 Å². The van der Waals surface area contributed by atoms with Crippen LogP contribution in [-0.2, 0) is 0 Å². The predicted molar refractivity (Wildman–Crippen MR) is 64.9 cm³/mol. The molecule has 2 rings (SSSR count). The maximum absolute atomic E-state index is 10.9. The van der Waals surface area contributed by atoms with E-state index in [4.69, 9.17) is 5.11 Å². The molecule has 0 amide bonds. The monoisotopic (exact) mass is 226 g/mol. The topological polar surface area (TPSA) is 62.5 Å². The zero-order valence-electron chi connectivity index (χ0n) is 8.95. The number of nitrogens with zero attached hydrogens (tertiary/aromatic N) is 2. The summed E-state index contributed by atoms with van der Waals surface area (Å²) in [5.74, 6) is -0.987. The molecule has 0 atom stereocenters. The second-order valence-electron chi connectivity index (χ2n) is 3.34. The van der Waals surface area contributed by atoms with Gasteiger partial charge < -0.3 is 5.11 Å². The summed E-state index contributed by atoms with van der Waals surface area (Å²) in [6, 6.07) is 12.0. The number of carbonyl (C=O) groups is 1. The summed E-state index contributed by atoms with van der Waals surface area (Å²) >= 11 is 0. The average molecular weight is 226 g/mol. The normalized spacial score (nSPS) is 10.6. The third-order valence-corrected chi connectivity index (χ3v) is 2.16. The van der Waals surface area contributed by atoms with E-state index in [0.29, 0.717) is 11.4 Å². The fourth-order valence-electron chi connectivity index (χ4n) is 1.36. The molecule has 1 N–H and O–H groups in total. The van der Waals surface area contributed by atoms with Crippen molar-refractivity contribution in [2.75, 3.05) is 0 Å². The van der Waals surface area contributed by atoms with E-state index < -0.39 is 5.97 Å². The summed E-state index contributed by atoms with van der Waals surface area (Å²) in [6.45, 7) is 0. The minimum atomic E-state index is -0.987. The van der Waals surface area contributed by atoms with Gasteiger partial charge in [-0.25, -0.2) is 4.79 Å². The lowest BCUT2D eigenvalue weighted by Crippen LogP contribution is -1.96. The third-order valence-electron chi connectivity index (χ3n) is 2.16. The molecule has 1 aromatic heterocycles. The van der Waals surface area contributed by atoms with Gasteiger partial charge in [0, 0.05) is 6.20 Å². The number of pyridine rings is 1. The first kappa shape index (κ1) is 11.0. The summed E-state index contributed by atoms with van der Waals surface area (Å²) in [5, 5.41) is 8.97. The molecule has 2 aromatic rings. The number of para-hydroxylation sites is 1. The van der Waals surface area contributed by atoms with Crippen LogP contribution in [0.3, 0.4) is 0 Å². The smallest absolute Gasteiger partial charge is 0.337 e. The van der Waals surface area contributed by atoms with Crippen LogP contribution < -0.4 is 0 Å². The molecule has 17 heavy (non-hydrogen) atoms. The van der Waals surface area contributed by atoms with Crippen molar-refractivity contribution in [3.63, 3.8) is 0 Å². The van der Waals surface area contributed by atoms with Crippen LogP contribution in [0.1, 0.15) is 16.1 Å². The van der Waals surface area contributed by atoms with Crippen LogP contribution in [0.5, 0.6) is 0 Å². The maximum Gasteiger partial charge on any atom is 0.337 e. The Kier molecular flexibility index (Phi) is 3.25. The van der Waals surface area contributed by atoms with E-state index in [2.05, 4.69) is 9.98 Å². The Morgan fingerprint density at radius 3 is 2.65 bits per heavy atom. The van der Waals surface area contributed by atoms with Crippen molar-refractivity contribution in [1.82, 2.24) is 4.98 Å². The lowest BCUT2D eigenvalue weighted by atomic mass is 10.2. The first-order chi connectivity index (χ1) is 8.27. The Labute approximate surface area is 98.3 Å². The van der Waals surface area contributed by atoms with Gasteiger partial charge in [-0.2, -0.15) is 0 Å². The molecule has 0 radical (unpaired) electrons. The Morgan fingerprint density at radius 2 is 1.94 bits per heavy atom. The summed E-state index contributed by atoms with van der Waals surface area (Å²) in [5.41, 5.74) is 1.29. The molecule has 0 unspecified atom stereocenters. The van der Waals surface area contributed by atoms with Gasteiger partial charge in [-0.1, -0.05) is 18.2 Å². The zero-order chi connectivity index (χ0) is 12.1. The molecule has 1 heterocycles. The van der Waals surface area contributed by atoms with Crippen molar-refractivity contribution < 1.29 is 9.90 Å². The molecule has 0 saturated heterocycles. The van der Waals surface area contributed by atoms with Crippen LogP contribution in [0.15, 0.2) is 53.7 Å². The van der Waals surface area contributed by atoms with Gasteiger partial charge in [0.25, 0.3) is 0 Å². The molecule has 0 spiro atoms. The molecule has 4 heteroatoms. The predicted octanol–water partition coefficient (Wildman–Crippen LogP) is 2.53.